The van der Waals surface area contributed by atoms with Gasteiger partial charge in [-0.3, -0.25) is 4.79 Å². The van der Waals surface area contributed by atoms with Gasteiger partial charge in [-0.2, -0.15) is 0 Å². The Balaban J connectivity index is 0.00000162. The van der Waals surface area contributed by atoms with Crippen molar-refractivity contribution >= 4 is 24.0 Å². The number of hydrogen-bond acceptors (Lipinski definition) is 3. The Labute approximate surface area is 114 Å². The molecule has 1 heterocycles. The second-order valence-corrected chi connectivity index (χ2v) is 4.18. The molecule has 100 valence electrons. The van der Waals surface area contributed by atoms with Crippen LogP contribution in [0.3, 0.4) is 0 Å². The highest BCUT2D eigenvalue weighted by atomic mass is 35.5. The minimum atomic E-state index is -0.0193. The largest absolute Gasteiger partial charge is 0.377 e. The predicted octanol–water partition coefficient (Wildman–Crippen LogP) is 1.82. The average Bonchev–Trinajstić information content (AvgIpc) is 2.83. The molecule has 1 aromatic rings. The molecule has 0 aromatic heterocycles. The molecule has 0 aliphatic carbocycles. The van der Waals surface area contributed by atoms with Gasteiger partial charge in [0.1, 0.15) is 0 Å². The second kappa shape index (κ2) is 8.08. The molecule has 0 radical (unpaired) electrons. The maximum absolute atomic E-state index is 11.6. The maximum atomic E-state index is 11.6. The summed E-state index contributed by atoms with van der Waals surface area (Å²) in [5.41, 5.74) is 0.830. The first-order chi connectivity index (χ1) is 8.34. The Morgan fingerprint density at radius 3 is 2.78 bits per heavy atom. The Morgan fingerprint density at radius 2 is 2.11 bits per heavy atom. The molecular formula is C13H19ClN2O2. The van der Waals surface area contributed by atoms with Crippen molar-refractivity contribution in [2.24, 2.45) is 0 Å². The number of benzene rings is 1. The average molecular weight is 271 g/mol. The summed E-state index contributed by atoms with van der Waals surface area (Å²) in [5, 5.41) is 5.94. The van der Waals surface area contributed by atoms with E-state index in [9.17, 15) is 4.79 Å². The second-order valence-electron chi connectivity index (χ2n) is 4.18. The molecule has 1 saturated heterocycles. The van der Waals surface area contributed by atoms with Crippen molar-refractivity contribution in [3.8, 4) is 0 Å². The zero-order valence-corrected chi connectivity index (χ0v) is 11.0. The molecule has 5 heteroatoms. The van der Waals surface area contributed by atoms with Gasteiger partial charge in [0, 0.05) is 18.8 Å². The summed E-state index contributed by atoms with van der Waals surface area (Å²) in [7, 11) is 0. The molecule has 0 bridgehead atoms. The first kappa shape index (κ1) is 15.0. The van der Waals surface area contributed by atoms with E-state index >= 15 is 0 Å². The van der Waals surface area contributed by atoms with Crippen LogP contribution in [-0.4, -0.2) is 31.7 Å². The van der Waals surface area contributed by atoms with Crippen molar-refractivity contribution in [1.29, 1.82) is 0 Å². The fourth-order valence-corrected chi connectivity index (χ4v) is 1.88. The normalized spacial score (nSPS) is 18.1. The quantitative estimate of drug-likeness (QED) is 0.858. The summed E-state index contributed by atoms with van der Waals surface area (Å²) in [5.74, 6) is -0.0193. The third-order valence-electron chi connectivity index (χ3n) is 2.74. The first-order valence-corrected chi connectivity index (χ1v) is 6.02. The zero-order chi connectivity index (χ0) is 11.9. The highest BCUT2D eigenvalue weighted by Gasteiger charge is 2.14. The maximum Gasteiger partial charge on any atom is 0.238 e. The summed E-state index contributed by atoms with van der Waals surface area (Å²) >= 11 is 0. The van der Waals surface area contributed by atoms with Crippen molar-refractivity contribution in [2.75, 3.05) is 25.0 Å². The topological polar surface area (TPSA) is 50.4 Å². The Hall–Kier alpha value is -1.10. The highest BCUT2D eigenvalue weighted by molar-refractivity contribution is 5.92. The molecule has 1 aliphatic rings. The predicted molar refractivity (Wildman–Crippen MR) is 74.2 cm³/mol. The van der Waals surface area contributed by atoms with E-state index in [2.05, 4.69) is 10.6 Å². The van der Waals surface area contributed by atoms with E-state index in [-0.39, 0.29) is 24.4 Å². The number of ether oxygens (including phenoxy) is 1. The van der Waals surface area contributed by atoms with Crippen LogP contribution in [0.4, 0.5) is 5.69 Å². The Kier molecular flexibility index (Phi) is 6.72. The Morgan fingerprint density at radius 1 is 1.33 bits per heavy atom. The van der Waals surface area contributed by atoms with Crippen LogP contribution in [0, 0.1) is 0 Å². The standard InChI is InChI=1S/C13H18N2O2.ClH/c16-13(15-11-5-2-1-3-6-11)10-14-9-12-7-4-8-17-12;/h1-3,5-6,12,14H,4,7-10H2,(H,15,16);1H. The molecule has 1 unspecified atom stereocenters. The van der Waals surface area contributed by atoms with E-state index in [1.54, 1.807) is 0 Å². The number of halogens is 1. The molecule has 1 fully saturated rings. The summed E-state index contributed by atoms with van der Waals surface area (Å²) in [4.78, 5) is 11.6. The minimum absolute atomic E-state index is 0. The lowest BCUT2D eigenvalue weighted by molar-refractivity contribution is -0.115. The van der Waals surface area contributed by atoms with Gasteiger partial charge in [0.05, 0.1) is 12.6 Å². The third-order valence-corrected chi connectivity index (χ3v) is 2.74. The lowest BCUT2D eigenvalue weighted by Crippen LogP contribution is -2.33. The van der Waals surface area contributed by atoms with Crippen LogP contribution >= 0.6 is 12.4 Å². The van der Waals surface area contributed by atoms with Gasteiger partial charge < -0.3 is 15.4 Å². The van der Waals surface area contributed by atoms with Crippen LogP contribution < -0.4 is 10.6 Å². The van der Waals surface area contributed by atoms with Crippen molar-refractivity contribution in [1.82, 2.24) is 5.32 Å². The summed E-state index contributed by atoms with van der Waals surface area (Å²) in [6, 6.07) is 9.46. The van der Waals surface area contributed by atoms with E-state index in [0.717, 1.165) is 31.7 Å². The van der Waals surface area contributed by atoms with Crippen molar-refractivity contribution in [3.63, 3.8) is 0 Å². The van der Waals surface area contributed by atoms with Gasteiger partial charge in [-0.1, -0.05) is 18.2 Å². The number of carbonyl (C=O) groups excluding carboxylic acids is 1. The molecule has 1 amide bonds. The van der Waals surface area contributed by atoms with Gasteiger partial charge >= 0.3 is 0 Å². The van der Waals surface area contributed by atoms with E-state index in [4.69, 9.17) is 4.74 Å². The fraction of sp³-hybridized carbons (Fsp3) is 0.462. The number of nitrogens with one attached hydrogen (secondary N) is 2. The van der Waals surface area contributed by atoms with E-state index in [1.807, 2.05) is 30.3 Å². The van der Waals surface area contributed by atoms with Gasteiger partial charge in [-0.25, -0.2) is 0 Å². The van der Waals surface area contributed by atoms with Crippen LogP contribution in [0.25, 0.3) is 0 Å². The molecule has 0 saturated carbocycles. The SMILES string of the molecule is Cl.O=C(CNCC1CCCO1)Nc1ccccc1. The third kappa shape index (κ3) is 5.04. The monoisotopic (exact) mass is 270 g/mol. The lowest BCUT2D eigenvalue weighted by atomic mass is 10.2. The number of hydrogen-bond donors (Lipinski definition) is 2. The van der Waals surface area contributed by atoms with Crippen LogP contribution in [0.5, 0.6) is 0 Å². The molecule has 0 spiro atoms. The molecule has 2 N–H and O–H groups in total. The minimum Gasteiger partial charge on any atom is -0.377 e. The fourth-order valence-electron chi connectivity index (χ4n) is 1.88. The van der Waals surface area contributed by atoms with E-state index in [0.29, 0.717) is 6.54 Å². The van der Waals surface area contributed by atoms with Crippen LogP contribution in [0.15, 0.2) is 30.3 Å². The summed E-state index contributed by atoms with van der Waals surface area (Å²) in [6.07, 6.45) is 2.50. The van der Waals surface area contributed by atoms with Crippen molar-refractivity contribution in [2.45, 2.75) is 18.9 Å². The number of amides is 1. The van der Waals surface area contributed by atoms with Crippen LogP contribution in [0.1, 0.15) is 12.8 Å². The molecular weight excluding hydrogens is 252 g/mol. The van der Waals surface area contributed by atoms with Gasteiger partial charge in [-0.05, 0) is 25.0 Å². The number of para-hydroxylation sites is 1. The van der Waals surface area contributed by atoms with Gasteiger partial charge in [0.15, 0.2) is 0 Å². The number of rotatable bonds is 5. The van der Waals surface area contributed by atoms with Gasteiger partial charge in [-0.15, -0.1) is 12.4 Å². The van der Waals surface area contributed by atoms with Gasteiger partial charge in [0.25, 0.3) is 0 Å². The van der Waals surface area contributed by atoms with Crippen molar-refractivity contribution in [3.05, 3.63) is 30.3 Å². The van der Waals surface area contributed by atoms with Gasteiger partial charge in [0.2, 0.25) is 5.91 Å². The summed E-state index contributed by atoms with van der Waals surface area (Å²) < 4.78 is 5.46. The zero-order valence-electron chi connectivity index (χ0n) is 10.2. The summed E-state index contributed by atoms with van der Waals surface area (Å²) in [6.45, 7) is 1.93. The molecule has 1 aromatic carbocycles. The lowest BCUT2D eigenvalue weighted by Gasteiger charge is -2.10. The van der Waals surface area contributed by atoms with Crippen molar-refractivity contribution < 1.29 is 9.53 Å². The molecule has 1 atom stereocenters. The highest BCUT2D eigenvalue weighted by Crippen LogP contribution is 2.10. The number of carbonyl (C=O) groups is 1. The van der Waals surface area contributed by atoms with E-state index in [1.165, 1.54) is 0 Å². The van der Waals surface area contributed by atoms with Crippen LogP contribution in [0.2, 0.25) is 0 Å². The Bertz CT molecular complexity index is 353. The smallest absolute Gasteiger partial charge is 0.238 e. The molecule has 4 nitrogen and oxygen atoms in total. The first-order valence-electron chi connectivity index (χ1n) is 6.02. The number of anilines is 1. The van der Waals surface area contributed by atoms with Crippen LogP contribution in [-0.2, 0) is 9.53 Å². The molecule has 1 aliphatic heterocycles. The van der Waals surface area contributed by atoms with E-state index < -0.39 is 0 Å². The molecule has 18 heavy (non-hydrogen) atoms. The molecule has 2 rings (SSSR count).